The monoisotopic (exact) mass is 213 g/mol. The molecule has 0 unspecified atom stereocenters. The zero-order chi connectivity index (χ0) is 11.1. The second-order valence-electron chi connectivity index (χ2n) is 3.04. The fourth-order valence-corrected chi connectivity index (χ4v) is 1.33. The van der Waals surface area contributed by atoms with E-state index in [-0.39, 0.29) is 12.5 Å². The summed E-state index contributed by atoms with van der Waals surface area (Å²) in [4.78, 5) is 11.7. The third-order valence-electron chi connectivity index (χ3n) is 2.00. The maximum Gasteiger partial charge on any atom is 0.280 e. The molecular formula is C10H15NO4. The third-order valence-corrected chi connectivity index (χ3v) is 2.00. The summed E-state index contributed by atoms with van der Waals surface area (Å²) < 4.78 is 10.6. The first-order valence-corrected chi connectivity index (χ1v) is 4.71. The van der Waals surface area contributed by atoms with Crippen LogP contribution < -0.4 is 5.32 Å². The highest BCUT2D eigenvalue weighted by Crippen LogP contribution is 2.23. The molecule has 2 N–H and O–H groups in total. The van der Waals surface area contributed by atoms with Crippen molar-refractivity contribution in [3.05, 3.63) is 25.0 Å². The van der Waals surface area contributed by atoms with E-state index in [1.165, 1.54) is 6.08 Å². The molecule has 1 fully saturated rings. The van der Waals surface area contributed by atoms with Gasteiger partial charge in [-0.25, -0.2) is 0 Å². The number of carbonyl (C=O) groups is 1. The molecule has 1 rings (SSSR count). The van der Waals surface area contributed by atoms with Crippen molar-refractivity contribution >= 4 is 5.91 Å². The predicted octanol–water partition coefficient (Wildman–Crippen LogP) is 0.493. The van der Waals surface area contributed by atoms with E-state index in [2.05, 4.69) is 11.9 Å². The van der Waals surface area contributed by atoms with E-state index in [0.717, 1.165) is 6.26 Å². The van der Waals surface area contributed by atoms with Crippen LogP contribution in [-0.4, -0.2) is 36.6 Å². The molecule has 15 heavy (non-hydrogen) atoms. The van der Waals surface area contributed by atoms with Crippen molar-refractivity contribution in [2.75, 3.05) is 19.8 Å². The van der Waals surface area contributed by atoms with Gasteiger partial charge in [0.2, 0.25) is 0 Å². The summed E-state index contributed by atoms with van der Waals surface area (Å²) in [5.41, 5.74) is 0. The van der Waals surface area contributed by atoms with Gasteiger partial charge in [0.1, 0.15) is 0 Å². The Morgan fingerprint density at radius 3 is 2.73 bits per heavy atom. The zero-order valence-corrected chi connectivity index (χ0v) is 8.44. The van der Waals surface area contributed by atoms with Crippen LogP contribution in [0.3, 0.4) is 0 Å². The lowest BCUT2D eigenvalue weighted by Gasteiger charge is -2.24. The van der Waals surface area contributed by atoms with E-state index in [9.17, 15) is 4.79 Å². The number of carbonyl (C=O) groups excluding carboxylic acids is 1. The molecular weight excluding hydrogens is 198 g/mol. The minimum atomic E-state index is -1.23. The van der Waals surface area contributed by atoms with Crippen molar-refractivity contribution in [3.8, 4) is 0 Å². The van der Waals surface area contributed by atoms with E-state index in [1.54, 1.807) is 6.08 Å². The van der Waals surface area contributed by atoms with Gasteiger partial charge in [-0.1, -0.05) is 6.08 Å². The van der Waals surface area contributed by atoms with Crippen molar-refractivity contribution < 1.29 is 19.4 Å². The van der Waals surface area contributed by atoms with Crippen molar-refractivity contribution in [2.24, 2.45) is 0 Å². The number of hydrogen-bond donors (Lipinski definition) is 2. The van der Waals surface area contributed by atoms with E-state index in [1.807, 2.05) is 0 Å². The Balaban J connectivity index is 2.55. The third kappa shape index (κ3) is 2.81. The maximum atomic E-state index is 11.7. The molecule has 0 aromatic carbocycles. The number of aliphatic hydroxyl groups excluding tert-OH is 1. The van der Waals surface area contributed by atoms with Crippen molar-refractivity contribution in [1.29, 1.82) is 0 Å². The summed E-state index contributed by atoms with van der Waals surface area (Å²) in [5.74, 6) is -1.58. The Kier molecular flexibility index (Phi) is 4.33. The number of rotatable bonds is 5. The number of hydrogen-bond acceptors (Lipinski definition) is 4. The molecule has 0 saturated carbocycles. The normalized spacial score (nSPS) is 19.2. The summed E-state index contributed by atoms with van der Waals surface area (Å²) in [6.45, 7) is 4.59. The van der Waals surface area contributed by atoms with Gasteiger partial charge in [-0.15, -0.1) is 6.58 Å². The summed E-state index contributed by atoms with van der Waals surface area (Å²) in [6, 6.07) is 0. The van der Waals surface area contributed by atoms with Crippen LogP contribution in [0, 0.1) is 0 Å². The quantitative estimate of drug-likeness (QED) is 0.515. The van der Waals surface area contributed by atoms with Crippen LogP contribution in [0.25, 0.3) is 0 Å². The fraction of sp³-hybridized carbons (Fsp3) is 0.500. The van der Waals surface area contributed by atoms with Crippen molar-refractivity contribution in [1.82, 2.24) is 5.32 Å². The molecule has 0 bridgehead atoms. The Morgan fingerprint density at radius 2 is 2.20 bits per heavy atom. The molecule has 0 aliphatic carbocycles. The van der Waals surface area contributed by atoms with Gasteiger partial charge < -0.3 is 19.9 Å². The van der Waals surface area contributed by atoms with Crippen LogP contribution in [0.15, 0.2) is 25.0 Å². The van der Waals surface area contributed by atoms with Crippen LogP contribution >= 0.6 is 0 Å². The number of aliphatic hydroxyl groups is 1. The number of ether oxygens (including phenoxy) is 2. The Morgan fingerprint density at radius 1 is 1.53 bits per heavy atom. The first kappa shape index (κ1) is 11.7. The fourth-order valence-electron chi connectivity index (χ4n) is 1.33. The lowest BCUT2D eigenvalue weighted by Crippen LogP contribution is -2.47. The average molecular weight is 213 g/mol. The van der Waals surface area contributed by atoms with Gasteiger partial charge in [0, 0.05) is 13.0 Å². The molecule has 5 nitrogen and oxygen atoms in total. The summed E-state index contributed by atoms with van der Waals surface area (Å²) >= 11 is 0. The number of nitrogens with one attached hydrogen (secondary N) is 1. The van der Waals surface area contributed by atoms with Gasteiger partial charge >= 0.3 is 0 Å². The van der Waals surface area contributed by atoms with Gasteiger partial charge in [0.25, 0.3) is 11.7 Å². The lowest BCUT2D eigenvalue weighted by atomic mass is 10.1. The average Bonchev–Trinajstić information content (AvgIpc) is 2.68. The second-order valence-corrected chi connectivity index (χ2v) is 3.04. The summed E-state index contributed by atoms with van der Waals surface area (Å²) in [6.07, 6.45) is 4.17. The van der Waals surface area contributed by atoms with E-state index in [0.29, 0.717) is 19.6 Å². The van der Waals surface area contributed by atoms with Gasteiger partial charge in [0.15, 0.2) is 0 Å². The highest BCUT2D eigenvalue weighted by molar-refractivity contribution is 5.84. The molecule has 0 spiro atoms. The Labute approximate surface area is 88.4 Å². The molecule has 0 atom stereocenters. The van der Waals surface area contributed by atoms with Crippen molar-refractivity contribution in [3.63, 3.8) is 0 Å². The molecule has 1 saturated heterocycles. The van der Waals surface area contributed by atoms with Crippen LogP contribution in [0.4, 0.5) is 0 Å². The summed E-state index contributed by atoms with van der Waals surface area (Å²) in [7, 11) is 0. The minimum Gasteiger partial charge on any atom is -0.516 e. The SMILES string of the molecule is C=CCC1(C(=O)NC/C=C/O)OCCO1. The molecule has 0 aromatic rings. The van der Waals surface area contributed by atoms with Crippen LogP contribution in [0.5, 0.6) is 0 Å². The maximum absolute atomic E-state index is 11.7. The lowest BCUT2D eigenvalue weighted by molar-refractivity contribution is -0.181. The van der Waals surface area contributed by atoms with Crippen LogP contribution in [0.1, 0.15) is 6.42 Å². The second kappa shape index (κ2) is 5.53. The molecule has 1 amide bonds. The summed E-state index contributed by atoms with van der Waals surface area (Å²) in [5, 5.41) is 11.0. The largest absolute Gasteiger partial charge is 0.516 e. The Hall–Kier alpha value is -1.33. The minimum absolute atomic E-state index is 0.237. The molecule has 1 aliphatic heterocycles. The van der Waals surface area contributed by atoms with Gasteiger partial charge in [0.05, 0.1) is 19.5 Å². The first-order chi connectivity index (χ1) is 7.25. The van der Waals surface area contributed by atoms with Crippen LogP contribution in [0.2, 0.25) is 0 Å². The van der Waals surface area contributed by atoms with Crippen LogP contribution in [-0.2, 0) is 14.3 Å². The van der Waals surface area contributed by atoms with Gasteiger partial charge in [-0.3, -0.25) is 4.79 Å². The molecule has 84 valence electrons. The van der Waals surface area contributed by atoms with E-state index in [4.69, 9.17) is 14.6 Å². The topological polar surface area (TPSA) is 67.8 Å². The molecule has 1 heterocycles. The van der Waals surface area contributed by atoms with Crippen molar-refractivity contribution in [2.45, 2.75) is 12.2 Å². The molecule has 0 radical (unpaired) electrons. The molecule has 0 aromatic heterocycles. The predicted molar refractivity (Wildman–Crippen MR) is 54.2 cm³/mol. The highest BCUT2D eigenvalue weighted by Gasteiger charge is 2.43. The van der Waals surface area contributed by atoms with Gasteiger partial charge in [-0.05, 0) is 6.08 Å². The highest BCUT2D eigenvalue weighted by atomic mass is 16.7. The molecule has 1 aliphatic rings. The van der Waals surface area contributed by atoms with E-state index < -0.39 is 5.79 Å². The number of amides is 1. The van der Waals surface area contributed by atoms with Gasteiger partial charge in [-0.2, -0.15) is 0 Å². The smallest absolute Gasteiger partial charge is 0.280 e. The standard InChI is InChI=1S/C10H15NO4/c1-2-4-10(14-7-8-15-10)9(13)11-5-3-6-12/h2-3,6,12H,1,4-5,7-8H2,(H,11,13)/b6-3+. The Bertz CT molecular complexity index is 256. The first-order valence-electron chi connectivity index (χ1n) is 4.71. The van der Waals surface area contributed by atoms with E-state index >= 15 is 0 Å². The zero-order valence-electron chi connectivity index (χ0n) is 8.44. The molecule has 5 heteroatoms.